The molecule has 0 aliphatic carbocycles. The first-order valence-corrected chi connectivity index (χ1v) is 5.56. The highest BCUT2D eigenvalue weighted by atomic mass is 32.2. The largest absolute Gasteiger partial charge is 0.320 e. The lowest BCUT2D eigenvalue weighted by Crippen LogP contribution is -2.29. The van der Waals surface area contributed by atoms with Crippen LogP contribution in [0.3, 0.4) is 0 Å². The summed E-state index contributed by atoms with van der Waals surface area (Å²) in [5.74, 6) is 0. The van der Waals surface area contributed by atoms with Crippen molar-refractivity contribution in [3.63, 3.8) is 0 Å². The highest BCUT2D eigenvalue weighted by Crippen LogP contribution is 2.22. The minimum Gasteiger partial charge on any atom is -0.320 e. The first-order valence-electron chi connectivity index (χ1n) is 4.35. The maximum atomic E-state index is 11.4. The predicted molar refractivity (Wildman–Crippen MR) is 54.4 cm³/mol. The van der Waals surface area contributed by atoms with Crippen molar-refractivity contribution < 1.29 is 4.21 Å². The molecule has 1 unspecified atom stereocenters. The molecule has 0 aromatic heterocycles. The van der Waals surface area contributed by atoms with Gasteiger partial charge in [0.15, 0.2) is 0 Å². The molecule has 0 amide bonds. The van der Waals surface area contributed by atoms with Gasteiger partial charge in [-0.05, 0) is 18.9 Å². The number of aliphatic imine (C=N–C) groups is 1. The van der Waals surface area contributed by atoms with E-state index in [-0.39, 0.29) is 0 Å². The molecule has 0 fully saturated rings. The van der Waals surface area contributed by atoms with Crippen LogP contribution in [0.4, 0.5) is 0 Å². The van der Waals surface area contributed by atoms with E-state index < -0.39 is 10.8 Å². The Kier molecular flexibility index (Phi) is 2.07. The van der Waals surface area contributed by atoms with Gasteiger partial charge in [0.25, 0.3) is 0 Å². The standard InChI is InChI=1S/C9H12N2OS/c1-3-8-6-11-4-5-13(12)9(11)10-7(8)2/h4-5H,3,6H2,1-2H3. The number of allylic oxidation sites excluding steroid dienone is 1. The maximum Gasteiger partial charge on any atom is 0.203 e. The Labute approximate surface area is 80.3 Å². The van der Waals surface area contributed by atoms with E-state index in [2.05, 4.69) is 11.9 Å². The number of hydrogen-bond donors (Lipinski definition) is 0. The summed E-state index contributed by atoms with van der Waals surface area (Å²) in [4.78, 5) is 6.30. The third-order valence-corrected chi connectivity index (χ3v) is 3.41. The Balaban J connectivity index is 2.38. The van der Waals surface area contributed by atoms with Gasteiger partial charge in [-0.1, -0.05) is 6.92 Å². The number of rotatable bonds is 1. The SMILES string of the molecule is CCC1=C(C)N=C2N(C=CS2=O)C1. The summed E-state index contributed by atoms with van der Waals surface area (Å²) in [6.07, 6.45) is 2.87. The highest BCUT2D eigenvalue weighted by molar-refractivity contribution is 8.03. The number of nitrogens with zero attached hydrogens (tertiary/aromatic N) is 2. The highest BCUT2D eigenvalue weighted by Gasteiger charge is 2.25. The van der Waals surface area contributed by atoms with E-state index in [1.54, 1.807) is 5.41 Å². The molecule has 70 valence electrons. The summed E-state index contributed by atoms with van der Waals surface area (Å²) in [6.45, 7) is 4.96. The normalized spacial score (nSPS) is 26.5. The van der Waals surface area contributed by atoms with Crippen LogP contribution in [0.2, 0.25) is 0 Å². The molecular weight excluding hydrogens is 184 g/mol. The summed E-state index contributed by atoms with van der Waals surface area (Å²) in [5, 5.41) is 2.37. The van der Waals surface area contributed by atoms with Crippen molar-refractivity contribution in [1.82, 2.24) is 4.90 Å². The summed E-state index contributed by atoms with van der Waals surface area (Å²) >= 11 is 0. The van der Waals surface area contributed by atoms with Gasteiger partial charge in [-0.25, -0.2) is 9.20 Å². The fourth-order valence-electron chi connectivity index (χ4n) is 1.51. The summed E-state index contributed by atoms with van der Waals surface area (Å²) in [7, 11) is -1.02. The summed E-state index contributed by atoms with van der Waals surface area (Å²) < 4.78 is 11.4. The molecule has 2 rings (SSSR count). The third-order valence-electron chi connectivity index (χ3n) is 2.35. The molecule has 1 atom stereocenters. The van der Waals surface area contributed by atoms with E-state index >= 15 is 0 Å². The minimum absolute atomic E-state index is 0.690. The van der Waals surface area contributed by atoms with Crippen molar-refractivity contribution in [2.75, 3.05) is 6.54 Å². The van der Waals surface area contributed by atoms with Gasteiger partial charge in [-0.3, -0.25) is 0 Å². The second-order valence-electron chi connectivity index (χ2n) is 3.15. The second-order valence-corrected chi connectivity index (χ2v) is 4.38. The summed E-state index contributed by atoms with van der Waals surface area (Å²) in [6, 6.07) is 0. The third kappa shape index (κ3) is 1.35. The van der Waals surface area contributed by atoms with Gasteiger partial charge in [0, 0.05) is 23.8 Å². The molecule has 0 saturated heterocycles. The predicted octanol–water partition coefficient (Wildman–Crippen LogP) is 1.58. The van der Waals surface area contributed by atoms with Crippen molar-refractivity contribution in [3.05, 3.63) is 22.9 Å². The van der Waals surface area contributed by atoms with E-state index in [0.717, 1.165) is 18.7 Å². The number of amidine groups is 1. The Hall–Kier alpha value is -0.900. The Morgan fingerprint density at radius 3 is 3.15 bits per heavy atom. The van der Waals surface area contributed by atoms with Gasteiger partial charge in [0.05, 0.1) is 0 Å². The van der Waals surface area contributed by atoms with Gasteiger partial charge < -0.3 is 4.90 Å². The quantitative estimate of drug-likeness (QED) is 0.637. The maximum absolute atomic E-state index is 11.4. The smallest absolute Gasteiger partial charge is 0.203 e. The van der Waals surface area contributed by atoms with E-state index in [4.69, 9.17) is 0 Å². The van der Waals surface area contributed by atoms with Crippen LogP contribution in [0.15, 0.2) is 27.9 Å². The van der Waals surface area contributed by atoms with Crippen molar-refractivity contribution >= 4 is 16.0 Å². The molecule has 2 aliphatic heterocycles. The number of hydrogen-bond acceptors (Lipinski definition) is 3. The van der Waals surface area contributed by atoms with Crippen LogP contribution in [0.5, 0.6) is 0 Å². The van der Waals surface area contributed by atoms with Crippen LogP contribution in [0, 0.1) is 0 Å². The Bertz CT molecular complexity index is 355. The molecule has 0 radical (unpaired) electrons. The minimum atomic E-state index is -1.02. The molecule has 2 aliphatic rings. The molecule has 0 saturated carbocycles. The van der Waals surface area contributed by atoms with Crippen molar-refractivity contribution in [1.29, 1.82) is 0 Å². The fourth-order valence-corrected chi connectivity index (χ4v) is 2.47. The molecule has 0 aromatic carbocycles. The van der Waals surface area contributed by atoms with Gasteiger partial charge in [0.1, 0.15) is 10.8 Å². The average molecular weight is 196 g/mol. The first-order chi connectivity index (χ1) is 6.22. The lowest BCUT2D eigenvalue weighted by Gasteiger charge is -2.23. The molecular formula is C9H12N2OS. The molecule has 13 heavy (non-hydrogen) atoms. The zero-order chi connectivity index (χ0) is 9.42. The molecule has 0 aromatic rings. The molecule has 0 spiro atoms. The van der Waals surface area contributed by atoms with E-state index in [1.165, 1.54) is 5.57 Å². The lowest BCUT2D eigenvalue weighted by molar-refractivity contribution is 0.591. The van der Waals surface area contributed by atoms with Crippen LogP contribution in [-0.4, -0.2) is 20.8 Å². The molecule has 0 N–H and O–H groups in total. The van der Waals surface area contributed by atoms with Crippen molar-refractivity contribution in [3.8, 4) is 0 Å². The van der Waals surface area contributed by atoms with Gasteiger partial charge in [0.2, 0.25) is 5.17 Å². The molecule has 4 heteroatoms. The second kappa shape index (κ2) is 3.10. The molecule has 3 nitrogen and oxygen atoms in total. The van der Waals surface area contributed by atoms with E-state index in [9.17, 15) is 4.21 Å². The van der Waals surface area contributed by atoms with Crippen LogP contribution in [0.1, 0.15) is 20.3 Å². The van der Waals surface area contributed by atoms with Crippen molar-refractivity contribution in [2.45, 2.75) is 20.3 Å². The average Bonchev–Trinajstić information content (AvgIpc) is 2.47. The Morgan fingerprint density at radius 2 is 2.46 bits per heavy atom. The zero-order valence-electron chi connectivity index (χ0n) is 7.78. The topological polar surface area (TPSA) is 32.7 Å². The first kappa shape index (κ1) is 8.69. The van der Waals surface area contributed by atoms with Crippen LogP contribution in [0.25, 0.3) is 0 Å². The molecule has 0 bridgehead atoms. The van der Waals surface area contributed by atoms with Gasteiger partial charge in [-0.2, -0.15) is 0 Å². The molecule has 2 heterocycles. The zero-order valence-corrected chi connectivity index (χ0v) is 8.60. The van der Waals surface area contributed by atoms with Crippen LogP contribution in [-0.2, 0) is 10.8 Å². The van der Waals surface area contributed by atoms with E-state index in [0.29, 0.717) is 5.17 Å². The number of fused-ring (bicyclic) bond motifs is 1. The monoisotopic (exact) mass is 196 g/mol. The summed E-state index contributed by atoms with van der Waals surface area (Å²) in [5.41, 5.74) is 2.36. The Morgan fingerprint density at radius 1 is 1.69 bits per heavy atom. The lowest BCUT2D eigenvalue weighted by atomic mass is 10.1. The van der Waals surface area contributed by atoms with Gasteiger partial charge >= 0.3 is 0 Å². The van der Waals surface area contributed by atoms with E-state index in [1.807, 2.05) is 18.0 Å². The fraction of sp³-hybridized carbons (Fsp3) is 0.444. The van der Waals surface area contributed by atoms with Crippen LogP contribution < -0.4 is 0 Å². The van der Waals surface area contributed by atoms with Crippen molar-refractivity contribution in [2.24, 2.45) is 4.99 Å². The van der Waals surface area contributed by atoms with Gasteiger partial charge in [-0.15, -0.1) is 0 Å². The van der Waals surface area contributed by atoms with Crippen LogP contribution >= 0.6 is 0 Å².